The first-order valence-corrected chi connectivity index (χ1v) is 14.9. The summed E-state index contributed by atoms with van der Waals surface area (Å²) in [5.41, 5.74) is 10.6. The van der Waals surface area contributed by atoms with Crippen LogP contribution in [0, 0.1) is 6.92 Å². The van der Waals surface area contributed by atoms with Gasteiger partial charge in [0.2, 0.25) is 23.8 Å². The summed E-state index contributed by atoms with van der Waals surface area (Å²) >= 11 is 0. The summed E-state index contributed by atoms with van der Waals surface area (Å²) in [6, 6.07) is 26.2. The van der Waals surface area contributed by atoms with Gasteiger partial charge in [-0.3, -0.25) is 4.79 Å². The van der Waals surface area contributed by atoms with Gasteiger partial charge >= 0.3 is 0 Å². The van der Waals surface area contributed by atoms with Crippen molar-refractivity contribution in [1.82, 2.24) is 20.3 Å². The van der Waals surface area contributed by atoms with E-state index >= 15 is 0 Å². The summed E-state index contributed by atoms with van der Waals surface area (Å²) in [6.45, 7) is 6.17. The van der Waals surface area contributed by atoms with Crippen molar-refractivity contribution < 1.29 is 14.3 Å². The predicted molar refractivity (Wildman–Crippen MR) is 174 cm³/mol. The summed E-state index contributed by atoms with van der Waals surface area (Å²) in [5.74, 6) is 1.28. The molecule has 0 spiro atoms. The number of carbonyl (C=O) groups excluding carboxylic acids is 1. The lowest BCUT2D eigenvalue weighted by atomic mass is 10.1. The Bertz CT molecular complexity index is 1400. The summed E-state index contributed by atoms with van der Waals surface area (Å²) in [6.07, 6.45) is 1.11. The highest BCUT2D eigenvalue weighted by Gasteiger charge is 2.09. The second-order valence-corrected chi connectivity index (χ2v) is 10.2. The van der Waals surface area contributed by atoms with Gasteiger partial charge in [0.05, 0.1) is 32.8 Å². The standard InChI is InChI=1S/C33H42N8O3/c1-25-7-9-28(10-8-25)24-37-32-39-31(36-17-15-26-5-3-2-4-6-26)40-33(41-32)38-29-13-11-27(12-14-29)23-30(42)35-18-20-44-22-21-43-19-16-34/h2-14H,15-24,34H2,1H3,(H,35,42)(H3,36,37,38,39,40,41). The van der Waals surface area contributed by atoms with Crippen molar-refractivity contribution in [2.75, 3.05) is 62.0 Å². The van der Waals surface area contributed by atoms with Gasteiger partial charge in [-0.05, 0) is 42.2 Å². The highest BCUT2D eigenvalue weighted by atomic mass is 16.5. The van der Waals surface area contributed by atoms with Gasteiger partial charge in [0.25, 0.3) is 0 Å². The van der Waals surface area contributed by atoms with Crippen molar-refractivity contribution in [3.63, 3.8) is 0 Å². The quantitative estimate of drug-likeness (QED) is 0.101. The molecule has 1 aromatic heterocycles. The van der Waals surface area contributed by atoms with E-state index in [1.165, 1.54) is 11.1 Å². The van der Waals surface area contributed by atoms with Crippen LogP contribution in [0.2, 0.25) is 0 Å². The Morgan fingerprint density at radius 1 is 0.705 bits per heavy atom. The molecule has 3 aromatic carbocycles. The number of nitrogens with two attached hydrogens (primary N) is 1. The molecule has 0 saturated heterocycles. The molecule has 4 aromatic rings. The lowest BCUT2D eigenvalue weighted by Gasteiger charge is -2.12. The maximum atomic E-state index is 12.3. The van der Waals surface area contributed by atoms with Crippen molar-refractivity contribution >= 4 is 29.4 Å². The summed E-state index contributed by atoms with van der Waals surface area (Å²) in [4.78, 5) is 26.1. The zero-order valence-corrected chi connectivity index (χ0v) is 25.2. The van der Waals surface area contributed by atoms with Crippen molar-refractivity contribution in [2.24, 2.45) is 5.73 Å². The van der Waals surface area contributed by atoms with Crippen LogP contribution in [0.15, 0.2) is 78.9 Å². The maximum Gasteiger partial charge on any atom is 0.233 e. The van der Waals surface area contributed by atoms with E-state index in [9.17, 15) is 4.79 Å². The summed E-state index contributed by atoms with van der Waals surface area (Å²) in [7, 11) is 0. The number of benzene rings is 3. The molecule has 11 heteroatoms. The largest absolute Gasteiger partial charge is 0.378 e. The zero-order valence-electron chi connectivity index (χ0n) is 25.2. The molecule has 0 atom stereocenters. The third kappa shape index (κ3) is 12.0. The van der Waals surface area contributed by atoms with E-state index < -0.39 is 0 Å². The molecular weight excluding hydrogens is 556 g/mol. The first-order chi connectivity index (χ1) is 21.6. The van der Waals surface area contributed by atoms with Crippen LogP contribution in [-0.2, 0) is 33.7 Å². The van der Waals surface area contributed by atoms with Gasteiger partial charge in [-0.1, -0.05) is 72.3 Å². The van der Waals surface area contributed by atoms with Crippen LogP contribution in [0.1, 0.15) is 22.3 Å². The molecule has 0 saturated carbocycles. The van der Waals surface area contributed by atoms with Crippen LogP contribution in [-0.4, -0.2) is 66.9 Å². The number of hydrogen-bond donors (Lipinski definition) is 5. The van der Waals surface area contributed by atoms with E-state index in [0.717, 1.165) is 23.2 Å². The van der Waals surface area contributed by atoms with Crippen molar-refractivity contribution in [3.8, 4) is 0 Å². The Hall–Kier alpha value is -4.58. The molecule has 0 aliphatic carbocycles. The van der Waals surface area contributed by atoms with Crippen molar-refractivity contribution in [1.29, 1.82) is 0 Å². The Morgan fingerprint density at radius 2 is 1.36 bits per heavy atom. The van der Waals surface area contributed by atoms with Crippen molar-refractivity contribution in [2.45, 2.75) is 26.3 Å². The van der Waals surface area contributed by atoms with E-state index in [1.807, 2.05) is 42.5 Å². The van der Waals surface area contributed by atoms with Gasteiger partial charge in [0.15, 0.2) is 0 Å². The topological polar surface area (TPSA) is 148 Å². The number of hydrogen-bond acceptors (Lipinski definition) is 10. The van der Waals surface area contributed by atoms with E-state index in [2.05, 4.69) is 79.5 Å². The fourth-order valence-corrected chi connectivity index (χ4v) is 4.19. The smallest absolute Gasteiger partial charge is 0.233 e. The van der Waals surface area contributed by atoms with Crippen LogP contribution in [0.3, 0.4) is 0 Å². The average molecular weight is 599 g/mol. The van der Waals surface area contributed by atoms with Gasteiger partial charge in [-0.2, -0.15) is 15.0 Å². The maximum absolute atomic E-state index is 12.3. The third-order valence-corrected chi connectivity index (χ3v) is 6.52. The Labute approximate surface area is 259 Å². The molecule has 44 heavy (non-hydrogen) atoms. The second-order valence-electron chi connectivity index (χ2n) is 10.2. The first-order valence-electron chi connectivity index (χ1n) is 14.9. The Morgan fingerprint density at radius 3 is 2.09 bits per heavy atom. The molecular formula is C33H42N8O3. The SMILES string of the molecule is Cc1ccc(CNc2nc(NCCc3ccccc3)nc(Nc3ccc(CC(=O)NCCOCCOCCN)cc3)n2)cc1. The molecule has 11 nitrogen and oxygen atoms in total. The normalized spacial score (nSPS) is 10.8. The van der Waals surface area contributed by atoms with E-state index in [0.29, 0.717) is 70.5 Å². The zero-order chi connectivity index (χ0) is 30.8. The monoisotopic (exact) mass is 598 g/mol. The van der Waals surface area contributed by atoms with Crippen LogP contribution >= 0.6 is 0 Å². The minimum absolute atomic E-state index is 0.0679. The molecule has 6 N–H and O–H groups in total. The highest BCUT2D eigenvalue weighted by Crippen LogP contribution is 2.18. The number of carbonyl (C=O) groups is 1. The van der Waals surface area contributed by atoms with Crippen LogP contribution in [0.5, 0.6) is 0 Å². The van der Waals surface area contributed by atoms with Gasteiger partial charge in [0.1, 0.15) is 0 Å². The molecule has 0 aliphatic heterocycles. The number of nitrogens with one attached hydrogen (secondary N) is 4. The Balaban J connectivity index is 1.31. The third-order valence-electron chi connectivity index (χ3n) is 6.52. The molecule has 0 aliphatic rings. The van der Waals surface area contributed by atoms with Crippen LogP contribution in [0.25, 0.3) is 0 Å². The number of anilines is 4. The number of aryl methyl sites for hydroxylation is 1. The van der Waals surface area contributed by atoms with Gasteiger partial charge < -0.3 is 36.5 Å². The average Bonchev–Trinajstić information content (AvgIpc) is 3.03. The highest BCUT2D eigenvalue weighted by molar-refractivity contribution is 5.78. The van der Waals surface area contributed by atoms with Gasteiger partial charge in [-0.25, -0.2) is 0 Å². The number of rotatable bonds is 19. The molecule has 0 unspecified atom stereocenters. The minimum Gasteiger partial charge on any atom is -0.378 e. The lowest BCUT2D eigenvalue weighted by Crippen LogP contribution is -2.29. The number of nitrogens with zero attached hydrogens (tertiary/aromatic N) is 3. The van der Waals surface area contributed by atoms with E-state index in [4.69, 9.17) is 15.2 Å². The second kappa shape index (κ2) is 18.2. The Kier molecular flexibility index (Phi) is 13.4. The predicted octanol–water partition coefficient (Wildman–Crippen LogP) is 3.84. The molecule has 1 heterocycles. The number of aromatic nitrogens is 3. The summed E-state index contributed by atoms with van der Waals surface area (Å²) < 4.78 is 10.7. The molecule has 0 fully saturated rings. The molecule has 0 bridgehead atoms. The van der Waals surface area contributed by atoms with Crippen molar-refractivity contribution in [3.05, 3.63) is 101 Å². The van der Waals surface area contributed by atoms with E-state index in [1.54, 1.807) is 0 Å². The first kappa shape index (κ1) is 32.3. The molecule has 4 rings (SSSR count). The van der Waals surface area contributed by atoms with Crippen LogP contribution in [0.4, 0.5) is 23.5 Å². The fraction of sp³-hybridized carbons (Fsp3) is 0.333. The van der Waals surface area contributed by atoms with Gasteiger partial charge in [0, 0.05) is 31.9 Å². The van der Waals surface area contributed by atoms with Crippen LogP contribution < -0.4 is 27.0 Å². The number of amides is 1. The van der Waals surface area contributed by atoms with E-state index in [-0.39, 0.29) is 12.3 Å². The summed E-state index contributed by atoms with van der Waals surface area (Å²) in [5, 5.41) is 12.8. The molecule has 0 radical (unpaired) electrons. The minimum atomic E-state index is -0.0679. The molecule has 232 valence electrons. The lowest BCUT2D eigenvalue weighted by molar-refractivity contribution is -0.120. The molecule has 1 amide bonds. The fourth-order valence-electron chi connectivity index (χ4n) is 4.19. The van der Waals surface area contributed by atoms with Gasteiger partial charge in [-0.15, -0.1) is 0 Å². The number of ether oxygens (including phenoxy) is 2.